The fourth-order valence-corrected chi connectivity index (χ4v) is 3.45. The molecule has 1 N–H and O–H groups in total. The number of carboxylic acids is 1. The maximum absolute atomic E-state index is 11.3. The van der Waals surface area contributed by atoms with Crippen molar-refractivity contribution in [1.29, 1.82) is 0 Å². The van der Waals surface area contributed by atoms with Crippen molar-refractivity contribution in [2.45, 2.75) is 25.3 Å². The highest BCUT2D eigenvalue weighted by Crippen LogP contribution is 2.23. The van der Waals surface area contributed by atoms with Gasteiger partial charge in [0.2, 0.25) is 0 Å². The van der Waals surface area contributed by atoms with Crippen LogP contribution in [0.4, 0.5) is 0 Å². The summed E-state index contributed by atoms with van der Waals surface area (Å²) in [4.78, 5) is 10.5. The van der Waals surface area contributed by atoms with Gasteiger partial charge in [0.25, 0.3) is 0 Å². The van der Waals surface area contributed by atoms with Crippen LogP contribution in [-0.4, -0.2) is 40.8 Å². The van der Waals surface area contributed by atoms with Crippen molar-refractivity contribution in [3.8, 4) is 0 Å². The van der Waals surface area contributed by atoms with Gasteiger partial charge in [-0.05, 0) is 12.8 Å². The van der Waals surface area contributed by atoms with Crippen LogP contribution >= 0.6 is 0 Å². The zero-order valence-corrected chi connectivity index (χ0v) is 10.1. The van der Waals surface area contributed by atoms with Gasteiger partial charge in [0.15, 0.2) is 0 Å². The molecule has 1 saturated heterocycles. The molecule has 2 heterocycles. The number of aliphatic carboxylic acids is 1. The molecule has 0 saturated carbocycles. The lowest BCUT2D eigenvalue weighted by atomic mass is 10.1. The van der Waals surface area contributed by atoms with Crippen LogP contribution in [-0.2, 0) is 21.1 Å². The standard InChI is InChI=1S/C10H14N2O4S/c13-10(14)5-8-6-11-12(7-8)9-1-3-17(15,16)4-2-9/h6-7,9H,1-5H2,(H,13,14). The predicted molar refractivity (Wildman–Crippen MR) is 60.5 cm³/mol. The number of carboxylic acid groups (broad SMARTS) is 1. The van der Waals surface area contributed by atoms with Crippen LogP contribution in [0, 0.1) is 0 Å². The molecule has 1 fully saturated rings. The molecular formula is C10H14N2O4S. The van der Waals surface area contributed by atoms with Gasteiger partial charge in [-0.25, -0.2) is 8.42 Å². The first-order chi connectivity index (χ1) is 7.96. The van der Waals surface area contributed by atoms with Crippen molar-refractivity contribution in [1.82, 2.24) is 9.78 Å². The third kappa shape index (κ3) is 3.06. The Morgan fingerprint density at radius 2 is 2.12 bits per heavy atom. The fraction of sp³-hybridized carbons (Fsp3) is 0.600. The Kier molecular flexibility index (Phi) is 3.19. The van der Waals surface area contributed by atoms with E-state index in [4.69, 9.17) is 5.11 Å². The molecule has 6 nitrogen and oxygen atoms in total. The SMILES string of the molecule is O=C(O)Cc1cnn(C2CCS(=O)(=O)CC2)c1. The number of aromatic nitrogens is 2. The van der Waals surface area contributed by atoms with Crippen molar-refractivity contribution in [2.75, 3.05) is 11.5 Å². The van der Waals surface area contributed by atoms with E-state index in [2.05, 4.69) is 5.10 Å². The molecule has 7 heteroatoms. The van der Waals surface area contributed by atoms with E-state index >= 15 is 0 Å². The van der Waals surface area contributed by atoms with E-state index in [0.29, 0.717) is 18.4 Å². The van der Waals surface area contributed by atoms with Crippen LogP contribution in [0.5, 0.6) is 0 Å². The lowest BCUT2D eigenvalue weighted by Gasteiger charge is -2.22. The highest BCUT2D eigenvalue weighted by molar-refractivity contribution is 7.91. The molecular weight excluding hydrogens is 244 g/mol. The molecule has 0 spiro atoms. The van der Waals surface area contributed by atoms with Crippen LogP contribution in [0.1, 0.15) is 24.4 Å². The molecule has 0 unspecified atom stereocenters. The van der Waals surface area contributed by atoms with Crippen molar-refractivity contribution in [3.63, 3.8) is 0 Å². The molecule has 1 aromatic heterocycles. The van der Waals surface area contributed by atoms with E-state index in [0.717, 1.165) is 0 Å². The van der Waals surface area contributed by atoms with E-state index in [-0.39, 0.29) is 24.0 Å². The minimum Gasteiger partial charge on any atom is -0.481 e. The minimum absolute atomic E-state index is 0.0506. The second-order valence-electron chi connectivity index (χ2n) is 4.28. The van der Waals surface area contributed by atoms with E-state index in [1.807, 2.05) is 0 Å². The van der Waals surface area contributed by atoms with Gasteiger partial charge in [0.1, 0.15) is 9.84 Å². The number of hydrogen-bond donors (Lipinski definition) is 1. The van der Waals surface area contributed by atoms with Gasteiger partial charge >= 0.3 is 5.97 Å². The van der Waals surface area contributed by atoms with Crippen LogP contribution in [0.2, 0.25) is 0 Å². The van der Waals surface area contributed by atoms with Crippen molar-refractivity contribution in [2.24, 2.45) is 0 Å². The van der Waals surface area contributed by atoms with E-state index < -0.39 is 15.8 Å². The third-order valence-corrected chi connectivity index (χ3v) is 4.62. The Hall–Kier alpha value is -1.37. The summed E-state index contributed by atoms with van der Waals surface area (Å²) in [6.07, 6.45) is 4.27. The van der Waals surface area contributed by atoms with Crippen LogP contribution in [0.25, 0.3) is 0 Å². The maximum atomic E-state index is 11.3. The maximum Gasteiger partial charge on any atom is 0.307 e. The van der Waals surface area contributed by atoms with Gasteiger partial charge in [0.05, 0.1) is 30.2 Å². The Bertz CT molecular complexity index is 506. The Labute approximate surface area is 99.2 Å². The van der Waals surface area contributed by atoms with Gasteiger partial charge in [-0.3, -0.25) is 9.48 Å². The van der Waals surface area contributed by atoms with Crippen molar-refractivity contribution < 1.29 is 18.3 Å². The summed E-state index contributed by atoms with van der Waals surface area (Å²) in [7, 11) is -2.87. The van der Waals surface area contributed by atoms with Gasteiger partial charge < -0.3 is 5.11 Å². The number of rotatable bonds is 3. The summed E-state index contributed by atoms with van der Waals surface area (Å²) >= 11 is 0. The number of nitrogens with zero attached hydrogens (tertiary/aromatic N) is 2. The zero-order valence-electron chi connectivity index (χ0n) is 9.24. The number of carbonyl (C=O) groups is 1. The Morgan fingerprint density at radius 1 is 1.47 bits per heavy atom. The molecule has 1 aromatic rings. The molecule has 1 aliphatic rings. The zero-order chi connectivity index (χ0) is 12.5. The normalized spacial score (nSPS) is 20.2. The quantitative estimate of drug-likeness (QED) is 0.840. The van der Waals surface area contributed by atoms with Gasteiger partial charge in [0, 0.05) is 11.8 Å². The number of hydrogen-bond acceptors (Lipinski definition) is 4. The van der Waals surface area contributed by atoms with Crippen molar-refractivity contribution >= 4 is 15.8 Å². The molecule has 0 amide bonds. The van der Waals surface area contributed by atoms with Crippen LogP contribution in [0.3, 0.4) is 0 Å². The third-order valence-electron chi connectivity index (χ3n) is 2.91. The summed E-state index contributed by atoms with van der Waals surface area (Å²) in [6, 6.07) is 0.0704. The average molecular weight is 258 g/mol. The molecule has 0 aliphatic carbocycles. The largest absolute Gasteiger partial charge is 0.481 e. The second-order valence-corrected chi connectivity index (χ2v) is 6.59. The summed E-state index contributed by atoms with van der Waals surface area (Å²) < 4.78 is 24.2. The molecule has 94 valence electrons. The van der Waals surface area contributed by atoms with E-state index in [1.165, 1.54) is 6.20 Å². The Morgan fingerprint density at radius 3 is 2.71 bits per heavy atom. The average Bonchev–Trinajstić information content (AvgIpc) is 2.65. The molecule has 2 rings (SSSR count). The summed E-state index contributed by atoms with van der Waals surface area (Å²) in [5.41, 5.74) is 0.644. The highest BCUT2D eigenvalue weighted by Gasteiger charge is 2.25. The van der Waals surface area contributed by atoms with Crippen LogP contribution in [0.15, 0.2) is 12.4 Å². The summed E-state index contributed by atoms with van der Waals surface area (Å²) in [6.45, 7) is 0. The first kappa shape index (κ1) is 12.1. The molecule has 17 heavy (non-hydrogen) atoms. The van der Waals surface area contributed by atoms with E-state index in [1.54, 1.807) is 10.9 Å². The lowest BCUT2D eigenvalue weighted by molar-refractivity contribution is -0.136. The van der Waals surface area contributed by atoms with Gasteiger partial charge in [-0.2, -0.15) is 5.10 Å². The predicted octanol–water partition coefficient (Wildman–Crippen LogP) is 0.260. The topological polar surface area (TPSA) is 89.3 Å². The molecule has 1 aliphatic heterocycles. The highest BCUT2D eigenvalue weighted by atomic mass is 32.2. The monoisotopic (exact) mass is 258 g/mol. The molecule has 0 aromatic carbocycles. The molecule has 0 bridgehead atoms. The molecule has 0 radical (unpaired) electrons. The van der Waals surface area contributed by atoms with Gasteiger partial charge in [-0.15, -0.1) is 0 Å². The first-order valence-electron chi connectivity index (χ1n) is 5.41. The summed E-state index contributed by atoms with van der Waals surface area (Å²) in [5, 5.41) is 12.7. The Balaban J connectivity index is 2.04. The van der Waals surface area contributed by atoms with Gasteiger partial charge in [-0.1, -0.05) is 0 Å². The van der Waals surface area contributed by atoms with Crippen LogP contribution < -0.4 is 0 Å². The fourth-order valence-electron chi connectivity index (χ4n) is 1.99. The smallest absolute Gasteiger partial charge is 0.307 e. The summed E-state index contributed by atoms with van der Waals surface area (Å²) in [5.74, 6) is -0.520. The van der Waals surface area contributed by atoms with E-state index in [9.17, 15) is 13.2 Å². The molecule has 0 atom stereocenters. The number of sulfone groups is 1. The minimum atomic E-state index is -2.87. The second kappa shape index (κ2) is 4.48. The lowest BCUT2D eigenvalue weighted by Crippen LogP contribution is -2.25. The van der Waals surface area contributed by atoms with Crippen molar-refractivity contribution in [3.05, 3.63) is 18.0 Å². The first-order valence-corrected chi connectivity index (χ1v) is 7.24.